The first-order chi connectivity index (χ1) is 39.7. The van der Waals surface area contributed by atoms with Gasteiger partial charge in [-0.15, -0.1) is 0 Å². The van der Waals surface area contributed by atoms with Crippen molar-refractivity contribution < 1.29 is 46.6 Å². The average molecular weight is 1160 g/mol. The molecular formula is C57H77F3N16O7. The predicted molar refractivity (Wildman–Crippen MR) is 310 cm³/mol. The zero-order valence-corrected chi connectivity index (χ0v) is 48.4. The highest BCUT2D eigenvalue weighted by molar-refractivity contribution is 5.95. The second kappa shape index (κ2) is 30.5. The number of aryl methyl sites for hydroxylation is 5. The van der Waals surface area contributed by atoms with Crippen molar-refractivity contribution in [3.8, 4) is 0 Å². The summed E-state index contributed by atoms with van der Waals surface area (Å²) < 4.78 is 56.2. The number of ether oxygens (including phenoxy) is 2. The Hall–Kier alpha value is -8.55. The molecule has 1 aromatic carbocycles. The highest BCUT2D eigenvalue weighted by Crippen LogP contribution is 2.33. The summed E-state index contributed by atoms with van der Waals surface area (Å²) in [5, 5.41) is 20.8. The maximum atomic E-state index is 12.8. The van der Waals surface area contributed by atoms with Crippen molar-refractivity contribution >= 4 is 71.5 Å². The third-order valence-electron chi connectivity index (χ3n) is 14.0. The number of nitrogen functional groups attached to an aromatic ring is 2. The number of nitrogens with two attached hydrogens (primary N) is 2. The molecule has 0 aliphatic carbocycles. The van der Waals surface area contributed by atoms with E-state index in [0.29, 0.717) is 55.7 Å². The van der Waals surface area contributed by atoms with Gasteiger partial charge in [-0.2, -0.15) is 38.7 Å². The third-order valence-corrected chi connectivity index (χ3v) is 14.0. The minimum atomic E-state index is -4.29. The SMILES string of the molecule is CO/C=C/c1cn(C)nc1N.CO/C=C/c1cn(C)nc1N1CCCCC1=O.Cn1cc(C=O)c(N)n1.Cn1cc(CC=O)c(N2CCCCC2=O)n1.Cn1cc(CCN2CCC(c3ccc(C(F)(F)F)cc3)C2)c(N2CCCCC2=O)n1. The number of carbonyl (C=O) groups is 5. The lowest BCUT2D eigenvalue weighted by atomic mass is 9.97. The Morgan fingerprint density at radius 2 is 1.02 bits per heavy atom. The van der Waals surface area contributed by atoms with E-state index in [9.17, 15) is 37.1 Å². The Labute approximate surface area is 481 Å². The van der Waals surface area contributed by atoms with Crippen LogP contribution in [-0.2, 0) is 82.9 Å². The van der Waals surface area contributed by atoms with Crippen molar-refractivity contribution in [2.75, 3.05) is 79.7 Å². The Balaban J connectivity index is 0.000000179. The number of likely N-dealkylation sites (tertiary alicyclic amines) is 1. The summed E-state index contributed by atoms with van der Waals surface area (Å²) in [5.74, 6) is 3.62. The van der Waals surface area contributed by atoms with Crippen molar-refractivity contribution in [1.29, 1.82) is 0 Å². The minimum Gasteiger partial charge on any atom is -0.504 e. The zero-order valence-electron chi connectivity index (χ0n) is 48.4. The van der Waals surface area contributed by atoms with Crippen LogP contribution in [-0.4, -0.2) is 138 Å². The van der Waals surface area contributed by atoms with Crippen LogP contribution in [0.1, 0.15) is 114 Å². The first-order valence-electron chi connectivity index (χ1n) is 27.5. The molecule has 83 heavy (non-hydrogen) atoms. The number of halogens is 3. The molecule has 4 aliphatic heterocycles. The topological polar surface area (TPSA) is 258 Å². The molecule has 0 saturated carbocycles. The van der Waals surface area contributed by atoms with Crippen LogP contribution in [0.4, 0.5) is 42.3 Å². The van der Waals surface area contributed by atoms with Crippen LogP contribution in [0.3, 0.4) is 0 Å². The molecule has 0 radical (unpaired) electrons. The number of amides is 3. The molecular weight excluding hydrogens is 1080 g/mol. The third kappa shape index (κ3) is 18.2. The van der Waals surface area contributed by atoms with Gasteiger partial charge < -0.3 is 30.6 Å². The van der Waals surface area contributed by atoms with Gasteiger partial charge in [0.05, 0.1) is 37.9 Å². The molecule has 4 saturated heterocycles. The summed E-state index contributed by atoms with van der Waals surface area (Å²) in [7, 11) is 12.2. The molecule has 4 fully saturated rings. The van der Waals surface area contributed by atoms with Crippen LogP contribution in [0.2, 0.25) is 0 Å². The van der Waals surface area contributed by atoms with E-state index in [4.69, 9.17) is 20.9 Å². The van der Waals surface area contributed by atoms with Gasteiger partial charge in [-0.05, 0) is 93.7 Å². The lowest BCUT2D eigenvalue weighted by Gasteiger charge is -2.26. The Morgan fingerprint density at radius 3 is 1.48 bits per heavy atom. The molecule has 1 unspecified atom stereocenters. The molecule has 26 heteroatoms. The summed E-state index contributed by atoms with van der Waals surface area (Å²) in [5.41, 5.74) is 15.3. The van der Waals surface area contributed by atoms with Gasteiger partial charge in [0.2, 0.25) is 17.7 Å². The van der Waals surface area contributed by atoms with Gasteiger partial charge in [0.25, 0.3) is 0 Å². The summed E-state index contributed by atoms with van der Waals surface area (Å²) in [6.45, 7) is 4.79. The van der Waals surface area contributed by atoms with Gasteiger partial charge >= 0.3 is 6.18 Å². The first-order valence-corrected chi connectivity index (χ1v) is 27.5. The molecule has 0 bridgehead atoms. The highest BCUT2D eigenvalue weighted by atomic mass is 19.4. The highest BCUT2D eigenvalue weighted by Gasteiger charge is 2.32. The first kappa shape index (κ1) is 63.6. The van der Waals surface area contributed by atoms with E-state index in [0.717, 1.165) is 130 Å². The molecule has 1 atom stereocenters. The number of rotatable bonds is 14. The quantitative estimate of drug-likeness (QED) is 0.0854. The van der Waals surface area contributed by atoms with Crippen molar-refractivity contribution in [3.05, 3.63) is 107 Å². The van der Waals surface area contributed by atoms with Gasteiger partial charge in [-0.3, -0.25) is 57.3 Å². The summed E-state index contributed by atoms with van der Waals surface area (Å²) in [6.07, 6.45) is 22.8. The van der Waals surface area contributed by atoms with Crippen LogP contribution >= 0.6 is 0 Å². The van der Waals surface area contributed by atoms with Gasteiger partial charge in [0, 0.05) is 147 Å². The largest absolute Gasteiger partial charge is 0.504 e. The van der Waals surface area contributed by atoms with Gasteiger partial charge in [0.1, 0.15) is 6.29 Å². The Bertz CT molecular complexity index is 3150. The normalized spacial score (nSPS) is 16.6. The number of hydrogen-bond donors (Lipinski definition) is 2. The van der Waals surface area contributed by atoms with Gasteiger partial charge in [0.15, 0.2) is 35.4 Å². The van der Waals surface area contributed by atoms with E-state index in [2.05, 4.69) is 30.4 Å². The van der Waals surface area contributed by atoms with E-state index in [1.54, 1.807) is 100.0 Å². The number of alkyl halides is 3. The molecule has 23 nitrogen and oxygen atoms in total. The predicted octanol–water partition coefficient (Wildman–Crippen LogP) is 6.65. The standard InChI is InChI=1S/C22H27F3N4O.C12H17N3O2.C11H15N3O2.C7H11N3O.C5H7N3O/c1-27-14-18(21(26-27)29-11-3-2-4-20(29)30)10-13-28-12-9-17(15-28)16-5-7-19(8-6-16)22(23,24)25;1-14-9-10(6-8-17-2)12(13-14)15-7-4-3-5-11(15)16;1-13-8-9(5-7-15)11(12-13)14-6-3-2-4-10(14)16;1-10-5-6(3-4-11-2)7(8)9-10;1-8-2-4(3-9)5(6)7-8/h5-8,14,17H,2-4,9-13,15H2,1H3;6,8-9H,3-5,7H2,1-2H3;7-8H,2-6H2,1H3;3-5H,1-2H3,(H2,8,9);2-3H,1H3,(H2,6,7)/b;8-6+;;4-3+;. The second-order valence-corrected chi connectivity index (χ2v) is 20.4. The number of anilines is 5. The smallest absolute Gasteiger partial charge is 0.416 e. The summed E-state index contributed by atoms with van der Waals surface area (Å²) >= 11 is 0. The van der Waals surface area contributed by atoms with Crippen molar-refractivity contribution in [2.45, 2.75) is 89.1 Å². The second-order valence-electron chi connectivity index (χ2n) is 20.4. The monoisotopic (exact) mass is 1150 g/mol. The number of methoxy groups -OCH3 is 2. The molecule has 3 amide bonds. The Morgan fingerprint density at radius 1 is 0.578 bits per heavy atom. The summed E-state index contributed by atoms with van der Waals surface area (Å²) in [6, 6.07) is 5.57. The molecule has 9 heterocycles. The van der Waals surface area contributed by atoms with E-state index >= 15 is 0 Å². The van der Waals surface area contributed by atoms with E-state index in [-0.39, 0.29) is 29.5 Å². The number of nitrogens with zero attached hydrogens (tertiary/aromatic N) is 14. The zero-order chi connectivity index (χ0) is 60.2. The fraction of sp³-hybridized carbons (Fsp3) is 0.474. The van der Waals surface area contributed by atoms with Crippen LogP contribution in [0, 0.1) is 0 Å². The van der Waals surface area contributed by atoms with E-state index in [1.807, 2.05) is 50.7 Å². The molecule has 6 aromatic rings. The Kier molecular flexibility index (Phi) is 23.4. The fourth-order valence-electron chi connectivity index (χ4n) is 9.91. The average Bonchev–Trinajstić information content (AvgIpc) is 4.56. The lowest BCUT2D eigenvalue weighted by Crippen LogP contribution is -2.36. The van der Waals surface area contributed by atoms with E-state index in [1.165, 1.54) is 16.8 Å². The van der Waals surface area contributed by atoms with Crippen LogP contribution in [0.25, 0.3) is 12.2 Å². The molecule has 448 valence electrons. The van der Waals surface area contributed by atoms with Crippen LogP contribution in [0.5, 0.6) is 0 Å². The van der Waals surface area contributed by atoms with Crippen molar-refractivity contribution in [1.82, 2.24) is 53.8 Å². The van der Waals surface area contributed by atoms with Gasteiger partial charge in [-0.25, -0.2) is 0 Å². The number of benzene rings is 1. The van der Waals surface area contributed by atoms with Crippen molar-refractivity contribution in [2.24, 2.45) is 35.2 Å². The molecule has 10 rings (SSSR count). The maximum Gasteiger partial charge on any atom is 0.416 e. The number of hydrogen-bond acceptors (Lipinski definition) is 15. The molecule has 4 N–H and O–H groups in total. The number of piperidine rings is 3. The van der Waals surface area contributed by atoms with Crippen LogP contribution in [0.15, 0.2) is 67.8 Å². The maximum absolute atomic E-state index is 12.8. The minimum absolute atomic E-state index is 0.108. The number of aromatic nitrogens is 10. The fourth-order valence-corrected chi connectivity index (χ4v) is 9.91. The number of carbonyl (C=O) groups excluding carboxylic acids is 5. The van der Waals surface area contributed by atoms with Crippen LogP contribution < -0.4 is 26.2 Å². The summed E-state index contributed by atoms with van der Waals surface area (Å²) in [4.78, 5) is 64.2. The number of aldehydes is 2. The molecule has 5 aromatic heterocycles. The molecule has 4 aliphatic rings. The van der Waals surface area contributed by atoms with Crippen molar-refractivity contribution in [3.63, 3.8) is 0 Å². The van der Waals surface area contributed by atoms with Gasteiger partial charge in [-0.1, -0.05) is 12.1 Å². The van der Waals surface area contributed by atoms with E-state index < -0.39 is 11.7 Å². The molecule has 0 spiro atoms. The lowest BCUT2D eigenvalue weighted by molar-refractivity contribution is -0.137.